The molecule has 1 heterocycles. The van der Waals surface area contributed by atoms with E-state index in [-0.39, 0.29) is 18.0 Å². The largest absolute Gasteiger partial charge is 0.496 e. The van der Waals surface area contributed by atoms with Gasteiger partial charge in [0.2, 0.25) is 0 Å². The van der Waals surface area contributed by atoms with E-state index in [9.17, 15) is 4.79 Å². The van der Waals surface area contributed by atoms with E-state index in [1.165, 1.54) is 0 Å². The second kappa shape index (κ2) is 7.34. The molecule has 2 aromatic rings. The molecule has 5 heteroatoms. The molecule has 0 aliphatic heterocycles. The van der Waals surface area contributed by atoms with E-state index in [1.54, 1.807) is 25.4 Å². The predicted molar refractivity (Wildman–Crippen MR) is 97.1 cm³/mol. The van der Waals surface area contributed by atoms with Crippen LogP contribution in [0.1, 0.15) is 38.1 Å². The standard InChI is InChI=1S/C19H25N3O2/c1-12(2)22(13(3)4)19(23)18-15(7-6-8-16(18)24-5)14-9-10-17(20)21-11-14/h6-13H,1-5H3,(H2,20,21). The zero-order valence-corrected chi connectivity index (χ0v) is 14.9. The molecule has 0 unspecified atom stereocenters. The maximum atomic E-state index is 13.3. The molecule has 2 N–H and O–H groups in total. The summed E-state index contributed by atoms with van der Waals surface area (Å²) in [5.41, 5.74) is 7.85. The Morgan fingerprint density at radius 3 is 2.29 bits per heavy atom. The summed E-state index contributed by atoms with van der Waals surface area (Å²) in [7, 11) is 1.58. The van der Waals surface area contributed by atoms with Gasteiger partial charge < -0.3 is 15.4 Å². The minimum absolute atomic E-state index is 0.0516. The van der Waals surface area contributed by atoms with Crippen molar-refractivity contribution in [3.05, 3.63) is 42.1 Å². The van der Waals surface area contributed by atoms with Crippen molar-refractivity contribution in [2.75, 3.05) is 12.8 Å². The third-order valence-corrected chi connectivity index (χ3v) is 3.90. The lowest BCUT2D eigenvalue weighted by Crippen LogP contribution is -2.42. The van der Waals surface area contributed by atoms with Crippen molar-refractivity contribution in [3.63, 3.8) is 0 Å². The van der Waals surface area contributed by atoms with Gasteiger partial charge in [-0.2, -0.15) is 0 Å². The first-order valence-electron chi connectivity index (χ1n) is 8.08. The molecule has 0 aliphatic rings. The van der Waals surface area contributed by atoms with Crippen molar-refractivity contribution in [2.24, 2.45) is 0 Å². The Hall–Kier alpha value is -2.56. The molecule has 1 amide bonds. The number of hydrogen-bond donors (Lipinski definition) is 1. The second-order valence-corrected chi connectivity index (χ2v) is 6.25. The van der Waals surface area contributed by atoms with Gasteiger partial charge in [0.15, 0.2) is 0 Å². The van der Waals surface area contributed by atoms with Gasteiger partial charge in [-0.25, -0.2) is 4.98 Å². The molecule has 0 aliphatic carbocycles. The van der Waals surface area contributed by atoms with Gasteiger partial charge in [-0.15, -0.1) is 0 Å². The highest BCUT2D eigenvalue weighted by atomic mass is 16.5. The van der Waals surface area contributed by atoms with Crippen molar-refractivity contribution in [2.45, 2.75) is 39.8 Å². The van der Waals surface area contributed by atoms with Crippen LogP contribution in [0, 0.1) is 0 Å². The summed E-state index contributed by atoms with van der Waals surface area (Å²) in [5, 5.41) is 0. The van der Waals surface area contributed by atoms with Crippen molar-refractivity contribution in [1.29, 1.82) is 0 Å². The van der Waals surface area contributed by atoms with Crippen LogP contribution in [0.4, 0.5) is 5.82 Å². The highest BCUT2D eigenvalue weighted by Crippen LogP contribution is 2.32. The van der Waals surface area contributed by atoms with Crippen LogP contribution in [-0.2, 0) is 0 Å². The fourth-order valence-corrected chi connectivity index (χ4v) is 2.92. The Labute approximate surface area is 143 Å². The number of nitrogens with zero attached hydrogens (tertiary/aromatic N) is 2. The molecular weight excluding hydrogens is 302 g/mol. The maximum absolute atomic E-state index is 13.3. The number of anilines is 1. The Morgan fingerprint density at radius 1 is 1.12 bits per heavy atom. The highest BCUT2D eigenvalue weighted by Gasteiger charge is 2.27. The summed E-state index contributed by atoms with van der Waals surface area (Å²) in [4.78, 5) is 19.3. The first-order valence-corrected chi connectivity index (χ1v) is 8.08. The average molecular weight is 327 g/mol. The monoisotopic (exact) mass is 327 g/mol. The number of ether oxygens (including phenoxy) is 1. The minimum atomic E-state index is -0.0516. The fourth-order valence-electron chi connectivity index (χ4n) is 2.92. The zero-order valence-electron chi connectivity index (χ0n) is 14.9. The molecule has 5 nitrogen and oxygen atoms in total. The molecule has 0 spiro atoms. The number of benzene rings is 1. The number of amides is 1. The molecule has 0 radical (unpaired) electrons. The van der Waals surface area contributed by atoms with Crippen molar-refractivity contribution in [1.82, 2.24) is 9.88 Å². The molecule has 128 valence electrons. The van der Waals surface area contributed by atoms with Crippen molar-refractivity contribution in [3.8, 4) is 16.9 Å². The van der Waals surface area contributed by atoms with E-state index in [0.29, 0.717) is 17.1 Å². The van der Waals surface area contributed by atoms with Crippen LogP contribution < -0.4 is 10.5 Å². The van der Waals surface area contributed by atoms with Crippen LogP contribution in [0.25, 0.3) is 11.1 Å². The number of pyridine rings is 1. The highest BCUT2D eigenvalue weighted by molar-refractivity contribution is 6.03. The zero-order chi connectivity index (χ0) is 17.9. The molecular formula is C19H25N3O2. The molecule has 1 aromatic heterocycles. The number of carbonyl (C=O) groups excluding carboxylic acids is 1. The lowest BCUT2D eigenvalue weighted by molar-refractivity contribution is 0.0641. The average Bonchev–Trinajstić information content (AvgIpc) is 2.54. The van der Waals surface area contributed by atoms with Crippen LogP contribution in [-0.4, -0.2) is 35.0 Å². The Balaban J connectivity index is 2.63. The second-order valence-electron chi connectivity index (χ2n) is 6.25. The van der Waals surface area contributed by atoms with Crippen LogP contribution in [0.5, 0.6) is 5.75 Å². The molecule has 0 atom stereocenters. The fraction of sp³-hybridized carbons (Fsp3) is 0.368. The summed E-state index contributed by atoms with van der Waals surface area (Å²) in [6, 6.07) is 9.34. The number of nitrogens with two attached hydrogens (primary N) is 1. The Morgan fingerprint density at radius 2 is 1.79 bits per heavy atom. The van der Waals surface area contributed by atoms with Crippen LogP contribution in [0.2, 0.25) is 0 Å². The SMILES string of the molecule is COc1cccc(-c2ccc(N)nc2)c1C(=O)N(C(C)C)C(C)C. The number of nitrogen functional groups attached to an aromatic ring is 1. The van der Waals surface area contributed by atoms with Gasteiger partial charge in [0.25, 0.3) is 5.91 Å². The van der Waals surface area contributed by atoms with E-state index in [4.69, 9.17) is 10.5 Å². The van der Waals surface area contributed by atoms with Gasteiger partial charge >= 0.3 is 0 Å². The van der Waals surface area contributed by atoms with E-state index in [2.05, 4.69) is 4.98 Å². The lowest BCUT2D eigenvalue weighted by atomic mass is 9.98. The Bertz CT molecular complexity index is 701. The number of carbonyl (C=O) groups is 1. The third kappa shape index (κ3) is 3.50. The lowest BCUT2D eigenvalue weighted by Gasteiger charge is -2.32. The van der Waals surface area contributed by atoms with E-state index in [1.807, 2.05) is 50.8 Å². The van der Waals surface area contributed by atoms with Crippen molar-refractivity contribution >= 4 is 11.7 Å². The van der Waals surface area contributed by atoms with Gasteiger partial charge in [-0.3, -0.25) is 4.79 Å². The smallest absolute Gasteiger partial charge is 0.258 e. The topological polar surface area (TPSA) is 68.5 Å². The molecule has 0 saturated carbocycles. The number of hydrogen-bond acceptors (Lipinski definition) is 4. The Kier molecular flexibility index (Phi) is 5.44. The van der Waals surface area contributed by atoms with Gasteiger partial charge in [-0.05, 0) is 51.5 Å². The normalized spacial score (nSPS) is 11.0. The van der Waals surface area contributed by atoms with E-state index < -0.39 is 0 Å². The van der Waals surface area contributed by atoms with Crippen LogP contribution in [0.15, 0.2) is 36.5 Å². The first kappa shape index (κ1) is 17.8. The van der Waals surface area contributed by atoms with Gasteiger partial charge in [-0.1, -0.05) is 12.1 Å². The minimum Gasteiger partial charge on any atom is -0.496 e. The summed E-state index contributed by atoms with van der Waals surface area (Å²) in [6.07, 6.45) is 1.68. The number of rotatable bonds is 5. The predicted octanol–water partition coefficient (Wildman–Crippen LogP) is 3.60. The third-order valence-electron chi connectivity index (χ3n) is 3.90. The van der Waals surface area contributed by atoms with Crippen LogP contribution >= 0.6 is 0 Å². The van der Waals surface area contributed by atoms with E-state index in [0.717, 1.165) is 11.1 Å². The molecule has 24 heavy (non-hydrogen) atoms. The molecule has 0 bridgehead atoms. The molecule has 2 rings (SSSR count). The quantitative estimate of drug-likeness (QED) is 0.911. The van der Waals surface area contributed by atoms with Gasteiger partial charge in [0.1, 0.15) is 11.6 Å². The maximum Gasteiger partial charge on any atom is 0.258 e. The molecule has 0 saturated heterocycles. The number of aromatic nitrogens is 1. The van der Waals surface area contributed by atoms with Crippen molar-refractivity contribution < 1.29 is 9.53 Å². The first-order chi connectivity index (χ1) is 11.4. The summed E-state index contributed by atoms with van der Waals surface area (Å²) >= 11 is 0. The summed E-state index contributed by atoms with van der Waals surface area (Å²) < 4.78 is 5.47. The molecule has 0 fully saturated rings. The summed E-state index contributed by atoms with van der Waals surface area (Å²) in [6.45, 7) is 8.05. The van der Waals surface area contributed by atoms with Gasteiger partial charge in [0.05, 0.1) is 12.7 Å². The number of methoxy groups -OCH3 is 1. The van der Waals surface area contributed by atoms with Gasteiger partial charge in [0, 0.05) is 23.8 Å². The van der Waals surface area contributed by atoms with E-state index >= 15 is 0 Å². The molecule has 1 aromatic carbocycles. The van der Waals surface area contributed by atoms with Crippen LogP contribution in [0.3, 0.4) is 0 Å². The summed E-state index contributed by atoms with van der Waals surface area (Å²) in [5.74, 6) is 0.949.